The lowest BCUT2D eigenvalue weighted by molar-refractivity contribution is -0.136. The Bertz CT molecular complexity index is 1220. The second-order valence-electron chi connectivity index (χ2n) is 9.06. The highest BCUT2D eigenvalue weighted by atomic mass is 19.4. The summed E-state index contributed by atoms with van der Waals surface area (Å²) in [5.74, 6) is -0.616. The first kappa shape index (κ1) is 24.3. The van der Waals surface area contributed by atoms with Crippen LogP contribution < -0.4 is 10.6 Å². The number of rotatable bonds is 6. The predicted molar refractivity (Wildman–Crippen MR) is 133 cm³/mol. The van der Waals surface area contributed by atoms with Crippen molar-refractivity contribution in [3.8, 4) is 0 Å². The Kier molecular flexibility index (Phi) is 6.72. The maximum absolute atomic E-state index is 13.6. The fraction of sp³-hybridized carbons (Fsp3) is 0.385. The van der Waals surface area contributed by atoms with Gasteiger partial charge in [0.15, 0.2) is 0 Å². The van der Waals surface area contributed by atoms with Gasteiger partial charge in [-0.2, -0.15) is 13.2 Å². The van der Waals surface area contributed by atoms with Gasteiger partial charge in [-0.3, -0.25) is 9.69 Å². The summed E-state index contributed by atoms with van der Waals surface area (Å²) in [6, 6.07) is 11.1. The zero-order valence-electron chi connectivity index (χ0n) is 20.0. The Hall–Kier alpha value is -3.37. The zero-order valence-corrected chi connectivity index (χ0v) is 20.0. The van der Waals surface area contributed by atoms with Gasteiger partial charge in [-0.05, 0) is 25.1 Å². The molecule has 0 bridgehead atoms. The average molecular weight is 500 g/mol. The Labute approximate surface area is 207 Å². The number of alkyl halides is 3. The van der Waals surface area contributed by atoms with Crippen molar-refractivity contribution in [1.29, 1.82) is 0 Å². The van der Waals surface area contributed by atoms with Crippen LogP contribution in [0.25, 0.3) is 5.57 Å². The standard InChI is InChI=1S/C26H28F3N5O2/c1-2-10-33-11-13-34(14-12-33)15-16-36-32-23-17-6-3-4-9-20(17)30-24(23)21-18-7-5-8-19(26(27,28)29)22(18)31-25(21)35/h3-9,30H,2,10-16H2,1H3,(H,31,35)/b24-21-,32-23+. The number of fused-ring (bicyclic) bond motifs is 2. The predicted octanol–water partition coefficient (Wildman–Crippen LogP) is 4.24. The van der Waals surface area contributed by atoms with Crippen LogP contribution in [-0.2, 0) is 15.8 Å². The van der Waals surface area contributed by atoms with Gasteiger partial charge < -0.3 is 20.4 Å². The van der Waals surface area contributed by atoms with E-state index in [-0.39, 0.29) is 16.8 Å². The summed E-state index contributed by atoms with van der Waals surface area (Å²) in [4.78, 5) is 23.4. The van der Waals surface area contributed by atoms with E-state index in [1.807, 2.05) is 24.3 Å². The highest BCUT2D eigenvalue weighted by Crippen LogP contribution is 2.44. The number of oxime groups is 1. The lowest BCUT2D eigenvalue weighted by Gasteiger charge is -2.34. The molecule has 36 heavy (non-hydrogen) atoms. The SMILES string of the molecule is CCCN1CCN(CCO/N=C2/C(=C3/C(=O)Nc4c3cccc4C(F)(F)F)Nc3ccccc32)CC1. The van der Waals surface area contributed by atoms with E-state index in [0.29, 0.717) is 23.7 Å². The molecule has 2 N–H and O–H groups in total. The van der Waals surface area contributed by atoms with Crippen molar-refractivity contribution in [3.63, 3.8) is 0 Å². The van der Waals surface area contributed by atoms with Gasteiger partial charge >= 0.3 is 6.18 Å². The van der Waals surface area contributed by atoms with Crippen LogP contribution in [0.4, 0.5) is 24.5 Å². The minimum Gasteiger partial charge on any atom is -0.394 e. The Balaban J connectivity index is 1.39. The second kappa shape index (κ2) is 9.94. The summed E-state index contributed by atoms with van der Waals surface area (Å²) in [7, 11) is 0. The first-order valence-electron chi connectivity index (χ1n) is 12.1. The number of hydrogen-bond donors (Lipinski definition) is 2. The number of hydrogen-bond acceptors (Lipinski definition) is 6. The summed E-state index contributed by atoms with van der Waals surface area (Å²) >= 11 is 0. The molecule has 1 fully saturated rings. The van der Waals surface area contributed by atoms with Crippen molar-refractivity contribution >= 4 is 28.6 Å². The van der Waals surface area contributed by atoms with Crippen LogP contribution in [0.15, 0.2) is 53.3 Å². The molecular weight excluding hydrogens is 471 g/mol. The van der Waals surface area contributed by atoms with Gasteiger partial charge in [-0.15, -0.1) is 0 Å². The summed E-state index contributed by atoms with van der Waals surface area (Å²) in [6.07, 6.45) is -3.44. The third kappa shape index (κ3) is 4.70. The van der Waals surface area contributed by atoms with E-state index in [4.69, 9.17) is 4.84 Å². The zero-order chi connectivity index (χ0) is 25.3. The van der Waals surface area contributed by atoms with E-state index in [2.05, 4.69) is 32.5 Å². The molecule has 3 heterocycles. The quantitative estimate of drug-likeness (QED) is 0.354. The van der Waals surface area contributed by atoms with E-state index in [1.165, 1.54) is 12.1 Å². The maximum atomic E-state index is 13.6. The number of para-hydroxylation sites is 2. The molecule has 2 aromatic carbocycles. The lowest BCUT2D eigenvalue weighted by Crippen LogP contribution is -2.47. The van der Waals surface area contributed by atoms with Crippen molar-refractivity contribution in [2.45, 2.75) is 19.5 Å². The third-order valence-electron chi connectivity index (χ3n) is 6.69. The summed E-state index contributed by atoms with van der Waals surface area (Å²) < 4.78 is 40.7. The van der Waals surface area contributed by atoms with Gasteiger partial charge in [0.2, 0.25) is 0 Å². The van der Waals surface area contributed by atoms with E-state index < -0.39 is 17.6 Å². The number of benzene rings is 2. The van der Waals surface area contributed by atoms with Crippen LogP contribution >= 0.6 is 0 Å². The van der Waals surface area contributed by atoms with E-state index >= 15 is 0 Å². The fourth-order valence-corrected chi connectivity index (χ4v) is 4.91. The van der Waals surface area contributed by atoms with Crippen molar-refractivity contribution in [1.82, 2.24) is 9.80 Å². The molecule has 2 aromatic rings. The molecule has 1 saturated heterocycles. The number of carbonyl (C=O) groups excluding carboxylic acids is 1. The van der Waals surface area contributed by atoms with Crippen molar-refractivity contribution in [3.05, 3.63) is 64.9 Å². The van der Waals surface area contributed by atoms with Gasteiger partial charge in [-0.1, -0.05) is 42.4 Å². The fourth-order valence-electron chi connectivity index (χ4n) is 4.91. The molecule has 1 amide bonds. The minimum atomic E-state index is -4.59. The third-order valence-corrected chi connectivity index (χ3v) is 6.69. The van der Waals surface area contributed by atoms with Crippen molar-refractivity contribution < 1.29 is 22.8 Å². The molecule has 3 aliphatic rings. The van der Waals surface area contributed by atoms with Crippen LogP contribution in [0.3, 0.4) is 0 Å². The van der Waals surface area contributed by atoms with Crippen molar-refractivity contribution in [2.75, 3.05) is 56.5 Å². The molecule has 0 unspecified atom stereocenters. The summed E-state index contributed by atoms with van der Waals surface area (Å²) in [6.45, 7) is 8.38. The number of nitrogens with one attached hydrogen (secondary N) is 2. The van der Waals surface area contributed by atoms with Crippen LogP contribution in [0.1, 0.15) is 30.0 Å². The number of piperazine rings is 1. The maximum Gasteiger partial charge on any atom is 0.418 e. The molecule has 0 atom stereocenters. The molecule has 0 saturated carbocycles. The van der Waals surface area contributed by atoms with Gasteiger partial charge in [-0.25, -0.2) is 0 Å². The molecule has 7 nitrogen and oxygen atoms in total. The number of halogens is 3. The van der Waals surface area contributed by atoms with E-state index in [9.17, 15) is 18.0 Å². The smallest absolute Gasteiger partial charge is 0.394 e. The number of nitrogens with zero attached hydrogens (tertiary/aromatic N) is 3. The Morgan fingerprint density at radius 2 is 1.64 bits per heavy atom. The summed E-state index contributed by atoms with van der Waals surface area (Å²) in [5, 5.41) is 9.94. The number of anilines is 2. The largest absolute Gasteiger partial charge is 0.418 e. The minimum absolute atomic E-state index is 0.113. The lowest BCUT2D eigenvalue weighted by atomic mass is 9.99. The van der Waals surface area contributed by atoms with E-state index in [0.717, 1.165) is 57.3 Å². The normalized spacial score (nSPS) is 21.3. The van der Waals surface area contributed by atoms with Crippen LogP contribution in [0.2, 0.25) is 0 Å². The molecule has 190 valence electrons. The van der Waals surface area contributed by atoms with Crippen LogP contribution in [0, 0.1) is 0 Å². The highest BCUT2D eigenvalue weighted by molar-refractivity contribution is 6.39. The number of allylic oxidation sites excluding steroid dienone is 1. The molecule has 10 heteroatoms. The number of carbonyl (C=O) groups is 1. The second-order valence-corrected chi connectivity index (χ2v) is 9.06. The van der Waals surface area contributed by atoms with Crippen molar-refractivity contribution in [2.24, 2.45) is 5.16 Å². The van der Waals surface area contributed by atoms with E-state index in [1.54, 1.807) is 0 Å². The molecule has 0 radical (unpaired) electrons. The van der Waals surface area contributed by atoms with Crippen LogP contribution in [-0.4, -0.2) is 67.3 Å². The molecule has 0 aliphatic carbocycles. The molecule has 0 spiro atoms. The topological polar surface area (TPSA) is 69.2 Å². The van der Waals surface area contributed by atoms with Gasteiger partial charge in [0.25, 0.3) is 5.91 Å². The van der Waals surface area contributed by atoms with Gasteiger partial charge in [0.1, 0.15) is 12.3 Å². The highest BCUT2D eigenvalue weighted by Gasteiger charge is 2.41. The Morgan fingerprint density at radius 1 is 0.944 bits per heavy atom. The molecular formula is C26H28F3N5O2. The molecule has 5 rings (SSSR count). The van der Waals surface area contributed by atoms with Gasteiger partial charge in [0.05, 0.1) is 22.5 Å². The first-order chi connectivity index (χ1) is 17.4. The molecule has 3 aliphatic heterocycles. The molecule has 0 aromatic heterocycles. The van der Waals surface area contributed by atoms with Crippen LogP contribution in [0.5, 0.6) is 0 Å². The monoisotopic (exact) mass is 499 g/mol. The average Bonchev–Trinajstić information content (AvgIpc) is 3.38. The number of amides is 1. The van der Waals surface area contributed by atoms with Gasteiger partial charge in [0, 0.05) is 49.5 Å². The Morgan fingerprint density at radius 3 is 2.36 bits per heavy atom. The summed E-state index contributed by atoms with van der Waals surface area (Å²) in [5.41, 5.74) is 1.34. The first-order valence-corrected chi connectivity index (χ1v) is 12.1.